The Morgan fingerprint density at radius 3 is 1.93 bits per heavy atom. The van der Waals surface area contributed by atoms with E-state index in [1.807, 2.05) is 0 Å². The van der Waals surface area contributed by atoms with E-state index in [0.717, 1.165) is 11.8 Å². The average Bonchev–Trinajstić information content (AvgIpc) is 3.07. The van der Waals surface area contributed by atoms with Gasteiger partial charge in [0.15, 0.2) is 0 Å². The zero-order chi connectivity index (χ0) is 20.1. The van der Waals surface area contributed by atoms with E-state index >= 15 is 0 Å². The van der Waals surface area contributed by atoms with Crippen LogP contribution in [0.15, 0.2) is 23.8 Å². The number of allylic oxidation sites excluding steroid dienone is 1. The van der Waals surface area contributed by atoms with Gasteiger partial charge in [-0.25, -0.2) is 0 Å². The predicted molar refractivity (Wildman–Crippen MR) is 120 cm³/mol. The van der Waals surface area contributed by atoms with Gasteiger partial charge in [0.25, 0.3) is 0 Å². The first-order chi connectivity index (χ1) is 13.2. The molecule has 0 N–H and O–H groups in total. The fraction of sp³-hybridized carbons (Fsp3) is 0.680. The minimum atomic E-state index is -2.53. The third kappa shape index (κ3) is 3.87. The normalized spacial score (nSPS) is 38.1. The van der Waals surface area contributed by atoms with Crippen LogP contribution < -0.4 is 0 Å². The molecule has 3 heteroatoms. The van der Waals surface area contributed by atoms with Crippen molar-refractivity contribution in [2.45, 2.75) is 88.1 Å². The van der Waals surface area contributed by atoms with E-state index in [2.05, 4.69) is 52.0 Å². The van der Waals surface area contributed by atoms with Gasteiger partial charge in [-0.15, -0.1) is 0 Å². The summed E-state index contributed by atoms with van der Waals surface area (Å²) in [4.78, 5) is 0. The Morgan fingerprint density at radius 1 is 0.857 bits per heavy atom. The van der Waals surface area contributed by atoms with E-state index in [0.29, 0.717) is 3.63 Å². The third-order valence-electron chi connectivity index (χ3n) is 8.37. The summed E-state index contributed by atoms with van der Waals surface area (Å²) in [6.07, 6.45) is 13.0. The molecule has 2 saturated carbocycles. The van der Waals surface area contributed by atoms with Crippen molar-refractivity contribution < 1.29 is 19.4 Å². The van der Waals surface area contributed by atoms with Crippen LogP contribution in [0.25, 0.3) is 6.08 Å². The van der Waals surface area contributed by atoms with Gasteiger partial charge in [0.05, 0.1) is 0 Å². The molecule has 0 radical (unpaired) electrons. The van der Waals surface area contributed by atoms with Gasteiger partial charge in [0.2, 0.25) is 0 Å². The monoisotopic (exact) mass is 495 g/mol. The zero-order valence-corrected chi connectivity index (χ0v) is 21.9. The van der Waals surface area contributed by atoms with Crippen molar-refractivity contribution in [1.82, 2.24) is 0 Å². The van der Waals surface area contributed by atoms with Gasteiger partial charge in [-0.05, 0) is 0 Å². The number of halogens is 2. The van der Waals surface area contributed by atoms with E-state index in [-0.39, 0.29) is 10.8 Å². The molecule has 3 aliphatic rings. The summed E-state index contributed by atoms with van der Waals surface area (Å²) in [5, 5.41) is 0. The molecule has 0 nitrogen and oxygen atoms in total. The maximum absolute atomic E-state index is 6.92. The van der Waals surface area contributed by atoms with Gasteiger partial charge in [-0.2, -0.15) is 0 Å². The van der Waals surface area contributed by atoms with Crippen LogP contribution in [-0.4, -0.2) is 0 Å². The molecule has 0 bridgehead atoms. The molecular weight excluding hydrogens is 462 g/mol. The van der Waals surface area contributed by atoms with Crippen LogP contribution >= 0.6 is 17.0 Å². The molecule has 28 heavy (non-hydrogen) atoms. The summed E-state index contributed by atoms with van der Waals surface area (Å²) in [5.41, 5.74) is 6.69. The molecule has 0 saturated heterocycles. The summed E-state index contributed by atoms with van der Waals surface area (Å²) >= 11 is -2.53. The van der Waals surface area contributed by atoms with E-state index in [1.54, 1.807) is 11.1 Å². The number of rotatable bonds is 3. The van der Waals surface area contributed by atoms with Crippen molar-refractivity contribution in [2.75, 3.05) is 0 Å². The molecule has 0 aliphatic heterocycles. The van der Waals surface area contributed by atoms with Gasteiger partial charge < -0.3 is 0 Å². The van der Waals surface area contributed by atoms with Crippen LogP contribution in [0.5, 0.6) is 0 Å². The Hall–Kier alpha value is 0.423. The molecule has 153 valence electrons. The number of fused-ring (bicyclic) bond motifs is 1. The minimum absolute atomic E-state index is 0.283. The van der Waals surface area contributed by atoms with Crippen LogP contribution in [0.2, 0.25) is 0 Å². The Bertz CT molecular complexity index is 750. The van der Waals surface area contributed by atoms with Crippen LogP contribution in [0.4, 0.5) is 0 Å². The van der Waals surface area contributed by atoms with Crippen LogP contribution in [0.3, 0.4) is 0 Å². The predicted octanol–water partition coefficient (Wildman–Crippen LogP) is 8.73. The Kier molecular flexibility index (Phi) is 6.31. The second kappa shape index (κ2) is 8.17. The molecule has 1 unspecified atom stereocenters. The van der Waals surface area contributed by atoms with E-state index in [1.165, 1.54) is 62.5 Å². The summed E-state index contributed by atoms with van der Waals surface area (Å²) in [6, 6.07) is 7.01. The quantitative estimate of drug-likeness (QED) is 0.392. The maximum atomic E-state index is 6.92. The molecule has 0 heterocycles. The van der Waals surface area contributed by atoms with Gasteiger partial charge in [0, 0.05) is 0 Å². The van der Waals surface area contributed by atoms with Crippen molar-refractivity contribution in [3.05, 3.63) is 40.5 Å². The number of hydrogen-bond acceptors (Lipinski definition) is 0. The molecule has 3 aliphatic carbocycles. The number of hydrogen-bond donors (Lipinski definition) is 0. The summed E-state index contributed by atoms with van der Waals surface area (Å²) in [5.74, 6) is 1.73. The molecule has 0 amide bonds. The Labute approximate surface area is 187 Å². The first kappa shape index (κ1) is 21.6. The van der Waals surface area contributed by atoms with Gasteiger partial charge in [0.1, 0.15) is 0 Å². The Morgan fingerprint density at radius 2 is 1.39 bits per heavy atom. The van der Waals surface area contributed by atoms with Crippen LogP contribution in [0.1, 0.15) is 99.4 Å². The topological polar surface area (TPSA) is 0 Å². The fourth-order valence-corrected chi connectivity index (χ4v) is 11.7. The number of benzene rings is 1. The average molecular weight is 498 g/mol. The summed E-state index contributed by atoms with van der Waals surface area (Å²) in [7, 11) is 13.8. The van der Waals surface area contributed by atoms with Gasteiger partial charge in [-0.1, -0.05) is 0 Å². The zero-order valence-electron chi connectivity index (χ0n) is 18.0. The molecule has 1 atom stereocenters. The van der Waals surface area contributed by atoms with Crippen LogP contribution in [-0.2, 0) is 24.8 Å². The van der Waals surface area contributed by atoms with Gasteiger partial charge >= 0.3 is 188 Å². The molecule has 1 aromatic rings. The van der Waals surface area contributed by atoms with Crippen molar-refractivity contribution in [1.29, 1.82) is 0 Å². The van der Waals surface area contributed by atoms with Crippen molar-refractivity contribution in [3.8, 4) is 0 Å². The standard InChI is InChI=1S/C25H35.2ClH.Zr/c1-18-8-12-24(3,13-9-18)21-16-20-6-5-7-23(22(20)17-21)25(4)14-10-19(2)11-15-25;;;/h5-7,16-19H,8-15H2,1-4H3;2*1H;/q;;;+2/p-2. The molecule has 1 aromatic carbocycles. The first-order valence-electron chi connectivity index (χ1n) is 11.3. The molecular formula is C25H35Cl2Zr. The molecule has 0 aromatic heterocycles. The fourth-order valence-electron chi connectivity index (χ4n) is 6.07. The van der Waals surface area contributed by atoms with Gasteiger partial charge in [-0.3, -0.25) is 0 Å². The van der Waals surface area contributed by atoms with Crippen molar-refractivity contribution >= 4 is 23.1 Å². The Balaban J connectivity index is 1.74. The summed E-state index contributed by atoms with van der Waals surface area (Å²) < 4.78 is 0.353. The molecule has 0 spiro atoms. The van der Waals surface area contributed by atoms with E-state index in [9.17, 15) is 0 Å². The van der Waals surface area contributed by atoms with Crippen molar-refractivity contribution in [2.24, 2.45) is 17.3 Å². The second-order valence-electron chi connectivity index (χ2n) is 10.6. The molecule has 2 fully saturated rings. The first-order valence-corrected chi connectivity index (χ1v) is 19.0. The third-order valence-corrected chi connectivity index (χ3v) is 13.5. The van der Waals surface area contributed by atoms with Crippen molar-refractivity contribution in [3.63, 3.8) is 0 Å². The summed E-state index contributed by atoms with van der Waals surface area (Å²) in [6.45, 7) is 9.81. The SMILES string of the molecule is CC1CCC(C)(C2=Cc3cccc(C4(C)CCC(C)CC4)c3[CH]2[Zr]([Cl])[Cl])CC1. The van der Waals surface area contributed by atoms with Crippen LogP contribution in [0, 0.1) is 17.3 Å². The molecule has 4 rings (SSSR count). The second-order valence-corrected chi connectivity index (χ2v) is 19.4. The van der Waals surface area contributed by atoms with E-state index in [4.69, 9.17) is 17.0 Å². The van der Waals surface area contributed by atoms with E-state index < -0.39 is 19.4 Å².